The quantitative estimate of drug-likeness (QED) is 0.898. The molecule has 0 aliphatic carbocycles. The maximum absolute atomic E-state index is 5.61. The molecule has 2 heterocycles. The molecule has 5 nitrogen and oxygen atoms in total. The van der Waals surface area contributed by atoms with E-state index >= 15 is 0 Å². The van der Waals surface area contributed by atoms with E-state index in [1.54, 1.807) is 0 Å². The second kappa shape index (κ2) is 6.04. The van der Waals surface area contributed by atoms with Crippen molar-refractivity contribution in [3.63, 3.8) is 0 Å². The number of hydrogen-bond donors (Lipinski definition) is 1. The van der Waals surface area contributed by atoms with Gasteiger partial charge in [0, 0.05) is 17.8 Å². The first kappa shape index (κ1) is 13.8. The van der Waals surface area contributed by atoms with Gasteiger partial charge >= 0.3 is 0 Å². The van der Waals surface area contributed by atoms with Gasteiger partial charge in [0.15, 0.2) is 5.82 Å². The van der Waals surface area contributed by atoms with Gasteiger partial charge in [-0.3, -0.25) is 0 Å². The van der Waals surface area contributed by atoms with Crippen molar-refractivity contribution in [1.29, 1.82) is 0 Å². The van der Waals surface area contributed by atoms with Crippen LogP contribution in [0.1, 0.15) is 32.5 Å². The summed E-state index contributed by atoms with van der Waals surface area (Å²) in [4.78, 5) is 4.40. The number of thioether (sulfide) groups is 1. The molecule has 0 amide bonds. The van der Waals surface area contributed by atoms with Crippen molar-refractivity contribution in [1.82, 2.24) is 15.5 Å². The van der Waals surface area contributed by atoms with E-state index in [0.717, 1.165) is 31.3 Å². The molecule has 0 radical (unpaired) electrons. The minimum atomic E-state index is 0.155. The first-order valence-electron chi connectivity index (χ1n) is 6.31. The fourth-order valence-corrected chi connectivity index (χ4v) is 2.34. The van der Waals surface area contributed by atoms with Crippen LogP contribution in [0.2, 0.25) is 0 Å². The molecule has 18 heavy (non-hydrogen) atoms. The molecule has 6 heteroatoms. The Morgan fingerprint density at radius 1 is 1.44 bits per heavy atom. The molecule has 0 spiro atoms. The Kier molecular flexibility index (Phi) is 4.64. The molecule has 1 unspecified atom stereocenters. The second-order valence-electron chi connectivity index (χ2n) is 5.41. The third kappa shape index (κ3) is 4.59. The average Bonchev–Trinajstić information content (AvgIpc) is 2.75. The Hall–Kier alpha value is -0.590. The van der Waals surface area contributed by atoms with Gasteiger partial charge in [-0.25, -0.2) is 0 Å². The van der Waals surface area contributed by atoms with Crippen LogP contribution in [-0.4, -0.2) is 40.7 Å². The minimum Gasteiger partial charge on any atom is -0.375 e. The first-order valence-corrected chi connectivity index (χ1v) is 7.29. The molecule has 1 saturated heterocycles. The zero-order valence-electron chi connectivity index (χ0n) is 11.2. The molecule has 1 N–H and O–H groups in total. The van der Waals surface area contributed by atoms with Crippen molar-refractivity contribution in [2.24, 2.45) is 0 Å². The number of nitrogens with one attached hydrogen (secondary N) is 1. The lowest BCUT2D eigenvalue weighted by Gasteiger charge is -2.21. The van der Waals surface area contributed by atoms with Crippen LogP contribution in [-0.2, 0) is 16.9 Å². The zero-order valence-corrected chi connectivity index (χ0v) is 12.0. The van der Waals surface area contributed by atoms with Crippen LogP contribution in [0.15, 0.2) is 4.52 Å². The van der Waals surface area contributed by atoms with E-state index < -0.39 is 0 Å². The van der Waals surface area contributed by atoms with Crippen molar-refractivity contribution in [3.8, 4) is 0 Å². The summed E-state index contributed by atoms with van der Waals surface area (Å²) in [7, 11) is 0. The van der Waals surface area contributed by atoms with Gasteiger partial charge in [0.05, 0.1) is 24.9 Å². The summed E-state index contributed by atoms with van der Waals surface area (Å²) in [6.07, 6.45) is 0.850. The predicted octanol–water partition coefficient (Wildman–Crippen LogP) is 1.63. The number of aromatic nitrogens is 2. The summed E-state index contributed by atoms with van der Waals surface area (Å²) in [5.74, 6) is 2.23. The molecule has 1 fully saturated rings. The van der Waals surface area contributed by atoms with Crippen LogP contribution in [0, 0.1) is 0 Å². The van der Waals surface area contributed by atoms with E-state index in [1.807, 2.05) is 11.8 Å². The third-order valence-corrected chi connectivity index (χ3v) is 3.82. The average molecular weight is 271 g/mol. The summed E-state index contributed by atoms with van der Waals surface area (Å²) in [6, 6.07) is 0. The third-order valence-electron chi connectivity index (χ3n) is 2.55. The first-order chi connectivity index (χ1) is 8.53. The monoisotopic (exact) mass is 271 g/mol. The van der Waals surface area contributed by atoms with E-state index in [4.69, 9.17) is 9.26 Å². The molecule has 1 aliphatic heterocycles. The molecular weight excluding hydrogens is 250 g/mol. The van der Waals surface area contributed by atoms with Crippen LogP contribution in [0.5, 0.6) is 0 Å². The Labute approximate surface area is 112 Å². The van der Waals surface area contributed by atoms with Crippen LogP contribution < -0.4 is 5.32 Å². The highest BCUT2D eigenvalue weighted by molar-refractivity contribution is 7.99. The summed E-state index contributed by atoms with van der Waals surface area (Å²) in [6.45, 7) is 9.08. The Morgan fingerprint density at radius 2 is 2.28 bits per heavy atom. The molecule has 1 aliphatic rings. The highest BCUT2D eigenvalue weighted by Crippen LogP contribution is 2.26. The summed E-state index contributed by atoms with van der Waals surface area (Å²) in [5, 5.41) is 7.29. The van der Waals surface area contributed by atoms with E-state index in [2.05, 4.69) is 36.2 Å². The topological polar surface area (TPSA) is 60.2 Å². The summed E-state index contributed by atoms with van der Waals surface area (Å²) < 4.78 is 11.1. The van der Waals surface area contributed by atoms with Crippen LogP contribution in [0.25, 0.3) is 0 Å². The standard InChI is InChI=1S/C12H21N3O2S/c1-12(2,3)18-8-10-14-11(17-15-10)6-9-7-13-4-5-16-9/h9,13H,4-8H2,1-3H3. The van der Waals surface area contributed by atoms with Gasteiger partial charge < -0.3 is 14.6 Å². The molecule has 1 aromatic heterocycles. The normalized spacial score (nSPS) is 21.2. The van der Waals surface area contributed by atoms with Gasteiger partial charge in [-0.05, 0) is 0 Å². The molecule has 102 valence electrons. The van der Waals surface area contributed by atoms with Crippen molar-refractivity contribution >= 4 is 11.8 Å². The van der Waals surface area contributed by atoms with Gasteiger partial charge in [-0.2, -0.15) is 4.98 Å². The molecule has 1 atom stereocenters. The molecule has 0 bridgehead atoms. The molecule has 0 aromatic carbocycles. The number of nitrogens with zero attached hydrogens (tertiary/aromatic N) is 2. The van der Waals surface area contributed by atoms with E-state index in [9.17, 15) is 0 Å². The zero-order chi connectivity index (χ0) is 13.0. The van der Waals surface area contributed by atoms with Crippen LogP contribution in [0.4, 0.5) is 0 Å². The van der Waals surface area contributed by atoms with Gasteiger partial charge in [-0.1, -0.05) is 25.9 Å². The van der Waals surface area contributed by atoms with Crippen molar-refractivity contribution in [2.45, 2.75) is 43.8 Å². The van der Waals surface area contributed by atoms with Crippen LogP contribution >= 0.6 is 11.8 Å². The lowest BCUT2D eigenvalue weighted by atomic mass is 10.2. The Bertz CT molecular complexity index is 370. The van der Waals surface area contributed by atoms with Crippen molar-refractivity contribution < 1.29 is 9.26 Å². The van der Waals surface area contributed by atoms with E-state index in [1.165, 1.54) is 0 Å². The lowest BCUT2D eigenvalue weighted by Crippen LogP contribution is -2.39. The maximum Gasteiger partial charge on any atom is 0.229 e. The smallest absolute Gasteiger partial charge is 0.229 e. The van der Waals surface area contributed by atoms with E-state index in [0.29, 0.717) is 12.3 Å². The van der Waals surface area contributed by atoms with Crippen molar-refractivity contribution in [3.05, 3.63) is 11.7 Å². The maximum atomic E-state index is 5.61. The van der Waals surface area contributed by atoms with Gasteiger partial charge in [0.1, 0.15) is 0 Å². The number of ether oxygens (including phenoxy) is 1. The fourth-order valence-electron chi connectivity index (χ4n) is 1.66. The molecule has 2 rings (SSSR count). The predicted molar refractivity (Wildman–Crippen MR) is 71.7 cm³/mol. The molecule has 1 aromatic rings. The number of morpholine rings is 1. The van der Waals surface area contributed by atoms with Gasteiger partial charge in [0.2, 0.25) is 5.89 Å². The highest BCUT2D eigenvalue weighted by atomic mass is 32.2. The number of hydrogen-bond acceptors (Lipinski definition) is 6. The minimum absolute atomic E-state index is 0.155. The van der Waals surface area contributed by atoms with Gasteiger partial charge in [0.25, 0.3) is 0 Å². The number of rotatable bonds is 4. The van der Waals surface area contributed by atoms with E-state index in [-0.39, 0.29) is 10.9 Å². The Balaban J connectivity index is 1.82. The second-order valence-corrected chi connectivity index (χ2v) is 7.21. The SMILES string of the molecule is CC(C)(C)SCc1noc(CC2CNCCO2)n1. The van der Waals surface area contributed by atoms with Gasteiger partial charge in [-0.15, -0.1) is 11.8 Å². The van der Waals surface area contributed by atoms with Crippen LogP contribution in [0.3, 0.4) is 0 Å². The largest absolute Gasteiger partial charge is 0.375 e. The lowest BCUT2D eigenvalue weighted by molar-refractivity contribution is 0.0246. The van der Waals surface area contributed by atoms with Crippen molar-refractivity contribution in [2.75, 3.05) is 19.7 Å². The highest BCUT2D eigenvalue weighted by Gasteiger charge is 2.18. The summed E-state index contributed by atoms with van der Waals surface area (Å²) >= 11 is 1.82. The molecule has 0 saturated carbocycles. The fraction of sp³-hybridized carbons (Fsp3) is 0.833. The Morgan fingerprint density at radius 3 is 2.94 bits per heavy atom. The molecular formula is C12H21N3O2S. The summed E-state index contributed by atoms with van der Waals surface area (Å²) in [5.41, 5.74) is 0.